The molecular formula is C17H14BFN3O3. The number of benzene rings is 2. The summed E-state index contributed by atoms with van der Waals surface area (Å²) in [6, 6.07) is 8.47. The molecule has 0 bridgehead atoms. The van der Waals surface area contributed by atoms with Gasteiger partial charge in [0, 0.05) is 11.5 Å². The summed E-state index contributed by atoms with van der Waals surface area (Å²) in [6.45, 7) is 1.83. The normalized spacial score (nSPS) is 15.9. The molecule has 0 amide bonds. The Morgan fingerprint density at radius 1 is 1.28 bits per heavy atom. The Bertz CT molecular complexity index is 954. The summed E-state index contributed by atoms with van der Waals surface area (Å²) in [4.78, 5) is 8.43. The van der Waals surface area contributed by atoms with E-state index in [1.807, 2.05) is 0 Å². The second kappa shape index (κ2) is 6.21. The number of aliphatic hydroxyl groups excluding tert-OH is 1. The number of hydrogen-bond acceptors (Lipinski definition) is 6. The number of aliphatic hydroxyl groups is 1. The molecule has 1 aromatic heterocycles. The van der Waals surface area contributed by atoms with Crippen molar-refractivity contribution in [1.82, 2.24) is 9.97 Å². The predicted molar refractivity (Wildman–Crippen MR) is 92.6 cm³/mol. The summed E-state index contributed by atoms with van der Waals surface area (Å²) in [6.07, 6.45) is 0.365. The zero-order valence-corrected chi connectivity index (χ0v) is 13.4. The second-order valence-corrected chi connectivity index (χ2v) is 5.54. The molecule has 0 saturated carbocycles. The largest absolute Gasteiger partial charge is 0.483 e. The van der Waals surface area contributed by atoms with Crippen LogP contribution in [0.25, 0.3) is 10.9 Å². The van der Waals surface area contributed by atoms with E-state index in [-0.39, 0.29) is 12.4 Å². The van der Waals surface area contributed by atoms with Crippen molar-refractivity contribution in [2.45, 2.75) is 13.1 Å². The molecule has 125 valence electrons. The van der Waals surface area contributed by atoms with Crippen molar-refractivity contribution in [3.63, 3.8) is 0 Å². The number of rotatable bonds is 3. The molecule has 0 saturated heterocycles. The van der Waals surface area contributed by atoms with Gasteiger partial charge in [0.15, 0.2) is 25.4 Å². The smallest absolute Gasteiger partial charge is 0.232 e. The van der Waals surface area contributed by atoms with Crippen LogP contribution in [0.4, 0.5) is 15.9 Å². The van der Waals surface area contributed by atoms with Crippen LogP contribution in [0.5, 0.6) is 11.5 Å². The lowest BCUT2D eigenvalue weighted by Gasteiger charge is -2.23. The first-order chi connectivity index (χ1) is 12.2. The maximum atomic E-state index is 14.5. The Kier molecular flexibility index (Phi) is 3.89. The van der Waals surface area contributed by atoms with E-state index >= 15 is 0 Å². The molecule has 0 spiro atoms. The molecule has 4 rings (SSSR count). The summed E-state index contributed by atoms with van der Waals surface area (Å²) in [5, 5.41) is 13.2. The first-order valence-electron chi connectivity index (χ1n) is 7.77. The molecular weight excluding hydrogens is 324 g/mol. The van der Waals surface area contributed by atoms with Crippen LogP contribution in [0.15, 0.2) is 36.7 Å². The van der Waals surface area contributed by atoms with Crippen molar-refractivity contribution >= 4 is 35.2 Å². The van der Waals surface area contributed by atoms with Crippen molar-refractivity contribution in [2.24, 2.45) is 0 Å². The molecule has 1 atom stereocenters. The van der Waals surface area contributed by atoms with E-state index in [0.29, 0.717) is 39.4 Å². The van der Waals surface area contributed by atoms with Crippen LogP contribution in [-0.2, 0) is 0 Å². The highest BCUT2D eigenvalue weighted by Gasteiger charge is 2.21. The van der Waals surface area contributed by atoms with Gasteiger partial charge in [-0.3, -0.25) is 0 Å². The zero-order valence-electron chi connectivity index (χ0n) is 13.4. The van der Waals surface area contributed by atoms with E-state index in [2.05, 4.69) is 15.3 Å². The van der Waals surface area contributed by atoms with Crippen LogP contribution in [0.2, 0.25) is 6.82 Å². The molecule has 2 aromatic carbocycles. The lowest BCUT2D eigenvalue weighted by atomic mass is 9.73. The number of nitrogens with one attached hydrogen (secondary N) is 1. The topological polar surface area (TPSA) is 76.5 Å². The van der Waals surface area contributed by atoms with Gasteiger partial charge in [-0.2, -0.15) is 0 Å². The Hall–Kier alpha value is -2.87. The van der Waals surface area contributed by atoms with Gasteiger partial charge in [0.2, 0.25) is 6.29 Å². The van der Waals surface area contributed by atoms with E-state index in [9.17, 15) is 9.50 Å². The Labute approximate surface area is 143 Å². The van der Waals surface area contributed by atoms with E-state index in [1.165, 1.54) is 6.33 Å². The molecule has 2 heterocycles. The fraction of sp³-hybridized carbons (Fsp3) is 0.176. The third-order valence-electron chi connectivity index (χ3n) is 3.94. The molecule has 2 N–H and O–H groups in total. The van der Waals surface area contributed by atoms with Gasteiger partial charge in [0.25, 0.3) is 0 Å². The quantitative estimate of drug-likeness (QED) is 0.712. The number of halogens is 1. The van der Waals surface area contributed by atoms with Crippen molar-refractivity contribution < 1.29 is 19.0 Å². The van der Waals surface area contributed by atoms with Crippen molar-refractivity contribution in [2.75, 3.05) is 11.9 Å². The molecule has 1 aliphatic heterocycles. The molecule has 3 aromatic rings. The summed E-state index contributed by atoms with van der Waals surface area (Å²) in [7, 11) is 1.70. The van der Waals surface area contributed by atoms with Crippen LogP contribution in [0, 0.1) is 5.82 Å². The summed E-state index contributed by atoms with van der Waals surface area (Å²) >= 11 is 0. The lowest BCUT2D eigenvalue weighted by Crippen LogP contribution is -2.28. The molecule has 6 nitrogen and oxygen atoms in total. The number of ether oxygens (including phenoxy) is 2. The van der Waals surface area contributed by atoms with Crippen molar-refractivity contribution in [3.05, 3.63) is 42.5 Å². The number of fused-ring (bicyclic) bond motifs is 2. The van der Waals surface area contributed by atoms with Gasteiger partial charge in [-0.15, -0.1) is 0 Å². The summed E-state index contributed by atoms with van der Waals surface area (Å²) < 4.78 is 25.3. The van der Waals surface area contributed by atoms with Crippen LogP contribution in [-0.4, -0.2) is 35.3 Å². The highest BCUT2D eigenvalue weighted by molar-refractivity contribution is 6.52. The highest BCUT2D eigenvalue weighted by Crippen LogP contribution is 2.37. The Morgan fingerprint density at radius 3 is 3.00 bits per heavy atom. The van der Waals surface area contributed by atoms with Gasteiger partial charge in [-0.05, 0) is 12.1 Å². The Morgan fingerprint density at radius 2 is 2.16 bits per heavy atom. The van der Waals surface area contributed by atoms with E-state index in [1.54, 1.807) is 44.4 Å². The molecule has 8 heteroatoms. The average molecular weight is 338 g/mol. The lowest BCUT2D eigenvalue weighted by molar-refractivity contribution is -0.0668. The van der Waals surface area contributed by atoms with Gasteiger partial charge in [0.1, 0.15) is 18.0 Å². The molecule has 0 fully saturated rings. The molecule has 1 unspecified atom stereocenters. The third-order valence-corrected chi connectivity index (χ3v) is 3.94. The minimum atomic E-state index is -1.03. The molecule has 25 heavy (non-hydrogen) atoms. The zero-order chi connectivity index (χ0) is 17.4. The minimum absolute atomic E-state index is 0.0558. The first-order valence-corrected chi connectivity index (χ1v) is 7.77. The number of hydrogen-bond donors (Lipinski definition) is 2. The van der Waals surface area contributed by atoms with Gasteiger partial charge < -0.3 is 19.9 Å². The van der Waals surface area contributed by atoms with Crippen LogP contribution >= 0.6 is 0 Å². The highest BCUT2D eigenvalue weighted by atomic mass is 19.1. The number of nitrogens with zero attached hydrogens (tertiary/aromatic N) is 2. The minimum Gasteiger partial charge on any atom is -0.483 e. The van der Waals surface area contributed by atoms with E-state index in [0.717, 1.165) is 0 Å². The van der Waals surface area contributed by atoms with E-state index in [4.69, 9.17) is 9.47 Å². The van der Waals surface area contributed by atoms with Crippen molar-refractivity contribution in [1.29, 1.82) is 0 Å². The maximum Gasteiger partial charge on any atom is 0.232 e. The van der Waals surface area contributed by atoms with Crippen LogP contribution < -0.4 is 20.3 Å². The molecule has 1 aliphatic rings. The first kappa shape index (κ1) is 15.7. The molecule has 1 radical (unpaired) electrons. The fourth-order valence-electron chi connectivity index (χ4n) is 2.71. The monoisotopic (exact) mass is 338 g/mol. The molecule has 0 aliphatic carbocycles. The third kappa shape index (κ3) is 2.85. The van der Waals surface area contributed by atoms with E-state index < -0.39 is 6.29 Å². The number of aromatic nitrogens is 2. The van der Waals surface area contributed by atoms with Gasteiger partial charge in [-0.1, -0.05) is 24.4 Å². The predicted octanol–water partition coefficient (Wildman–Crippen LogP) is 1.98. The second-order valence-electron chi connectivity index (χ2n) is 5.54. The SMILES string of the molecule is C[B]c1cccc(Nc2ncnc3cc4c(cc23)OC(O)CO4)c1F. The summed E-state index contributed by atoms with van der Waals surface area (Å²) in [5.74, 6) is 0.963. The number of anilines is 2. The van der Waals surface area contributed by atoms with Gasteiger partial charge in [0.05, 0.1) is 11.2 Å². The van der Waals surface area contributed by atoms with Crippen LogP contribution in [0.3, 0.4) is 0 Å². The maximum absolute atomic E-state index is 14.5. The fourth-order valence-corrected chi connectivity index (χ4v) is 2.71. The summed E-state index contributed by atoms with van der Waals surface area (Å²) in [5.41, 5.74) is 1.43. The Balaban J connectivity index is 1.79. The van der Waals surface area contributed by atoms with Gasteiger partial charge in [-0.25, -0.2) is 14.4 Å². The van der Waals surface area contributed by atoms with Crippen LogP contribution in [0.1, 0.15) is 0 Å². The van der Waals surface area contributed by atoms with Gasteiger partial charge >= 0.3 is 0 Å². The standard InChI is InChI=1S/C17H14BFN3O3/c1-18-10-3-2-4-11(16(10)19)22-17-9-5-14-13(24-7-15(23)25-14)6-12(9)20-8-21-17/h2-6,8,15,23H,7H2,1H3,(H,20,21,22). The van der Waals surface area contributed by atoms with Crippen molar-refractivity contribution in [3.8, 4) is 11.5 Å². The average Bonchev–Trinajstić information content (AvgIpc) is 2.62.